The van der Waals surface area contributed by atoms with E-state index in [0.29, 0.717) is 0 Å². The number of halogens is 1. The Kier molecular flexibility index (Phi) is 4.44. The Morgan fingerprint density at radius 3 is 2.65 bits per heavy atom. The van der Waals surface area contributed by atoms with Crippen molar-refractivity contribution in [2.75, 3.05) is 18.4 Å². The van der Waals surface area contributed by atoms with Crippen LogP contribution in [0.1, 0.15) is 30.1 Å². The molecule has 1 aromatic heterocycles. The Balaban J connectivity index is 2.14. The van der Waals surface area contributed by atoms with E-state index in [4.69, 9.17) is 16.7 Å². The predicted molar refractivity (Wildman–Crippen MR) is 75.1 cm³/mol. The highest BCUT2D eigenvalue weighted by Crippen LogP contribution is 2.18. The van der Waals surface area contributed by atoms with Gasteiger partial charge in [0.2, 0.25) is 5.91 Å². The minimum absolute atomic E-state index is 0.00419. The van der Waals surface area contributed by atoms with Crippen LogP contribution in [0, 0.1) is 0 Å². The lowest BCUT2D eigenvalue weighted by Gasteiger charge is -2.22. The Morgan fingerprint density at radius 1 is 1.40 bits per heavy atom. The average molecular weight is 298 g/mol. The van der Waals surface area contributed by atoms with Crippen LogP contribution >= 0.6 is 11.6 Å². The maximum Gasteiger partial charge on any atom is 0.339 e. The summed E-state index contributed by atoms with van der Waals surface area (Å²) >= 11 is 5.77. The van der Waals surface area contributed by atoms with Crippen molar-refractivity contribution >= 4 is 29.3 Å². The molecule has 0 aromatic carbocycles. The zero-order chi connectivity index (χ0) is 14.7. The van der Waals surface area contributed by atoms with Gasteiger partial charge in [-0.15, -0.1) is 0 Å². The fourth-order valence-corrected chi connectivity index (χ4v) is 2.34. The van der Waals surface area contributed by atoms with Gasteiger partial charge in [0.15, 0.2) is 0 Å². The smallest absolute Gasteiger partial charge is 0.339 e. The van der Waals surface area contributed by atoms with Crippen molar-refractivity contribution in [3.63, 3.8) is 0 Å². The van der Waals surface area contributed by atoms with Gasteiger partial charge in [0, 0.05) is 13.1 Å². The second-order valence-electron chi connectivity index (χ2n) is 4.73. The van der Waals surface area contributed by atoms with E-state index < -0.39 is 12.0 Å². The number of aromatic nitrogens is 1. The number of amides is 1. The number of pyridine rings is 1. The molecular weight excluding hydrogens is 282 g/mol. The highest BCUT2D eigenvalue weighted by Gasteiger charge is 2.24. The van der Waals surface area contributed by atoms with Crippen molar-refractivity contribution in [3.05, 3.63) is 22.8 Å². The number of nitrogens with one attached hydrogen (secondary N) is 1. The first-order valence-corrected chi connectivity index (χ1v) is 6.82. The average Bonchev–Trinajstić information content (AvgIpc) is 2.91. The number of carbonyl (C=O) groups is 2. The molecule has 1 atom stereocenters. The van der Waals surface area contributed by atoms with Gasteiger partial charge < -0.3 is 15.3 Å². The van der Waals surface area contributed by atoms with Crippen LogP contribution in [-0.2, 0) is 4.79 Å². The third-order valence-electron chi connectivity index (χ3n) is 3.23. The summed E-state index contributed by atoms with van der Waals surface area (Å²) in [5.41, 5.74) is -0.00419. The summed E-state index contributed by atoms with van der Waals surface area (Å²) in [5.74, 6) is -1.05. The minimum atomic E-state index is -1.11. The molecule has 0 spiro atoms. The van der Waals surface area contributed by atoms with E-state index in [2.05, 4.69) is 10.3 Å². The summed E-state index contributed by atoms with van der Waals surface area (Å²) in [6.07, 6.45) is 2.02. The molecule has 1 aliphatic rings. The highest BCUT2D eigenvalue weighted by atomic mass is 35.5. The fraction of sp³-hybridized carbons (Fsp3) is 0.462. The van der Waals surface area contributed by atoms with Crippen molar-refractivity contribution in [1.29, 1.82) is 0 Å². The molecule has 0 radical (unpaired) electrons. The highest BCUT2D eigenvalue weighted by molar-refractivity contribution is 6.29. The molecule has 0 saturated carbocycles. The monoisotopic (exact) mass is 297 g/mol. The third-order valence-corrected chi connectivity index (χ3v) is 3.44. The molecule has 20 heavy (non-hydrogen) atoms. The quantitative estimate of drug-likeness (QED) is 0.829. The maximum atomic E-state index is 12.2. The SMILES string of the molecule is CC(Nc1nc(Cl)ccc1C(=O)O)C(=O)N1CCCC1. The first kappa shape index (κ1) is 14.6. The topological polar surface area (TPSA) is 82.5 Å². The van der Waals surface area contributed by atoms with Crippen LogP contribution in [0.15, 0.2) is 12.1 Å². The van der Waals surface area contributed by atoms with Gasteiger partial charge >= 0.3 is 5.97 Å². The lowest BCUT2D eigenvalue weighted by Crippen LogP contribution is -2.40. The number of hydrogen-bond donors (Lipinski definition) is 2. The molecule has 6 nitrogen and oxygen atoms in total. The van der Waals surface area contributed by atoms with Gasteiger partial charge in [0.05, 0.1) is 0 Å². The first-order valence-electron chi connectivity index (χ1n) is 6.44. The largest absolute Gasteiger partial charge is 0.478 e. The van der Waals surface area contributed by atoms with E-state index >= 15 is 0 Å². The zero-order valence-electron chi connectivity index (χ0n) is 11.1. The predicted octanol–water partition coefficient (Wildman–Crippen LogP) is 1.86. The Morgan fingerprint density at radius 2 is 2.05 bits per heavy atom. The van der Waals surface area contributed by atoms with Crippen LogP contribution in [0.25, 0.3) is 0 Å². The van der Waals surface area contributed by atoms with Crippen LogP contribution in [0.3, 0.4) is 0 Å². The first-order chi connectivity index (χ1) is 9.49. The standard InChI is InChI=1S/C13H16ClN3O3/c1-8(12(18)17-6-2-3-7-17)15-11-9(13(19)20)4-5-10(14)16-11/h4-5,8H,2-3,6-7H2,1H3,(H,15,16)(H,19,20). The molecule has 2 rings (SSSR count). The number of carboxylic acid groups (broad SMARTS) is 1. The number of rotatable bonds is 4. The molecule has 1 saturated heterocycles. The van der Waals surface area contributed by atoms with Crippen molar-refractivity contribution in [1.82, 2.24) is 9.88 Å². The molecule has 7 heteroatoms. The molecular formula is C13H16ClN3O3. The molecule has 108 valence electrons. The maximum absolute atomic E-state index is 12.2. The van der Waals surface area contributed by atoms with E-state index in [-0.39, 0.29) is 22.4 Å². The summed E-state index contributed by atoms with van der Waals surface area (Å²) in [4.78, 5) is 29.0. The van der Waals surface area contributed by atoms with Crippen molar-refractivity contribution < 1.29 is 14.7 Å². The molecule has 1 fully saturated rings. The number of anilines is 1. The van der Waals surface area contributed by atoms with Crippen molar-refractivity contribution in [2.24, 2.45) is 0 Å². The van der Waals surface area contributed by atoms with E-state index in [1.807, 2.05) is 0 Å². The zero-order valence-corrected chi connectivity index (χ0v) is 11.9. The molecule has 1 amide bonds. The summed E-state index contributed by atoms with van der Waals surface area (Å²) in [7, 11) is 0. The van der Waals surface area contributed by atoms with Crippen LogP contribution < -0.4 is 5.32 Å². The Bertz CT molecular complexity index is 530. The van der Waals surface area contributed by atoms with E-state index in [1.165, 1.54) is 12.1 Å². The number of likely N-dealkylation sites (tertiary alicyclic amines) is 1. The van der Waals surface area contributed by atoms with Gasteiger partial charge in [-0.3, -0.25) is 4.79 Å². The fourth-order valence-electron chi connectivity index (χ4n) is 2.20. The van der Waals surface area contributed by atoms with Gasteiger partial charge in [-0.1, -0.05) is 11.6 Å². The molecule has 1 aliphatic heterocycles. The van der Waals surface area contributed by atoms with Crippen molar-refractivity contribution in [2.45, 2.75) is 25.8 Å². The number of nitrogens with zero attached hydrogens (tertiary/aromatic N) is 2. The summed E-state index contributed by atoms with van der Waals surface area (Å²) in [5, 5.41) is 12.1. The molecule has 1 aromatic rings. The van der Waals surface area contributed by atoms with Crippen LogP contribution in [-0.4, -0.2) is 46.0 Å². The summed E-state index contributed by atoms with van der Waals surface area (Å²) < 4.78 is 0. The van der Waals surface area contributed by atoms with E-state index in [0.717, 1.165) is 25.9 Å². The van der Waals surface area contributed by atoms with Gasteiger partial charge in [-0.05, 0) is 31.9 Å². The lowest BCUT2D eigenvalue weighted by atomic mass is 10.2. The van der Waals surface area contributed by atoms with Gasteiger partial charge in [-0.25, -0.2) is 9.78 Å². The van der Waals surface area contributed by atoms with Gasteiger partial charge in [0.25, 0.3) is 0 Å². The molecule has 0 bridgehead atoms. The van der Waals surface area contributed by atoms with Crippen LogP contribution in [0.5, 0.6) is 0 Å². The van der Waals surface area contributed by atoms with E-state index in [1.54, 1.807) is 11.8 Å². The van der Waals surface area contributed by atoms with Gasteiger partial charge in [0.1, 0.15) is 22.6 Å². The Labute approximate surface area is 121 Å². The van der Waals surface area contributed by atoms with Crippen LogP contribution in [0.4, 0.5) is 5.82 Å². The summed E-state index contributed by atoms with van der Waals surface area (Å²) in [6.45, 7) is 3.19. The number of carboxylic acids is 1. The second-order valence-corrected chi connectivity index (χ2v) is 5.12. The summed E-state index contributed by atoms with van der Waals surface area (Å²) in [6, 6.07) is 2.23. The minimum Gasteiger partial charge on any atom is -0.478 e. The number of aromatic carboxylic acids is 1. The number of carbonyl (C=O) groups excluding carboxylic acids is 1. The molecule has 0 aliphatic carbocycles. The molecule has 2 N–H and O–H groups in total. The van der Waals surface area contributed by atoms with Crippen molar-refractivity contribution in [3.8, 4) is 0 Å². The van der Waals surface area contributed by atoms with Gasteiger partial charge in [-0.2, -0.15) is 0 Å². The molecule has 1 unspecified atom stereocenters. The third kappa shape index (κ3) is 3.19. The van der Waals surface area contributed by atoms with E-state index in [9.17, 15) is 9.59 Å². The van der Waals surface area contributed by atoms with Crippen LogP contribution in [0.2, 0.25) is 5.15 Å². The normalized spacial score (nSPS) is 16.0. The molecule has 2 heterocycles. The second kappa shape index (κ2) is 6.09. The lowest BCUT2D eigenvalue weighted by molar-refractivity contribution is -0.130. The number of hydrogen-bond acceptors (Lipinski definition) is 4. The Hall–Kier alpha value is -1.82.